The Morgan fingerprint density at radius 3 is 2.50 bits per heavy atom. The minimum absolute atomic E-state index is 0.361. The van der Waals surface area contributed by atoms with Crippen molar-refractivity contribution in [3.63, 3.8) is 0 Å². The minimum Gasteiger partial charge on any atom is -0.497 e. The van der Waals surface area contributed by atoms with Crippen molar-refractivity contribution in [1.29, 1.82) is 0 Å². The van der Waals surface area contributed by atoms with Crippen LogP contribution in [0.4, 0.5) is 4.39 Å². The molecule has 0 saturated carbocycles. The molecule has 92 valence electrons. The topological polar surface area (TPSA) is 26.3 Å². The van der Waals surface area contributed by atoms with Gasteiger partial charge in [0.1, 0.15) is 17.9 Å². The van der Waals surface area contributed by atoms with Gasteiger partial charge in [-0.3, -0.25) is 4.79 Å². The van der Waals surface area contributed by atoms with Gasteiger partial charge in [0.15, 0.2) is 0 Å². The summed E-state index contributed by atoms with van der Waals surface area (Å²) >= 11 is 0. The summed E-state index contributed by atoms with van der Waals surface area (Å²) in [6.45, 7) is 1.88. The van der Waals surface area contributed by atoms with Crippen LogP contribution < -0.4 is 4.74 Å². The number of hydrogen-bond acceptors (Lipinski definition) is 2. The van der Waals surface area contributed by atoms with Crippen molar-refractivity contribution in [2.24, 2.45) is 0 Å². The van der Waals surface area contributed by atoms with Gasteiger partial charge in [-0.2, -0.15) is 0 Å². The largest absolute Gasteiger partial charge is 0.497 e. The molecule has 0 unspecified atom stereocenters. The Hall–Kier alpha value is -2.16. The van der Waals surface area contributed by atoms with E-state index in [-0.39, 0.29) is 5.82 Å². The summed E-state index contributed by atoms with van der Waals surface area (Å²) < 4.78 is 18.9. The molecule has 0 radical (unpaired) electrons. The van der Waals surface area contributed by atoms with Crippen LogP contribution in [0.25, 0.3) is 11.1 Å². The van der Waals surface area contributed by atoms with Crippen LogP contribution in [0.2, 0.25) is 0 Å². The molecule has 2 rings (SSSR count). The highest BCUT2D eigenvalue weighted by Crippen LogP contribution is 2.29. The molecule has 0 spiro atoms. The van der Waals surface area contributed by atoms with E-state index >= 15 is 0 Å². The smallest absolute Gasteiger partial charge is 0.150 e. The van der Waals surface area contributed by atoms with Gasteiger partial charge >= 0.3 is 0 Å². The summed E-state index contributed by atoms with van der Waals surface area (Å²) in [5.74, 6) is 0.112. The molecule has 0 heterocycles. The predicted molar refractivity (Wildman–Crippen MR) is 68.5 cm³/mol. The normalized spacial score (nSPS) is 10.2. The third-order valence-corrected chi connectivity index (χ3v) is 2.86. The van der Waals surface area contributed by atoms with Gasteiger partial charge in [0, 0.05) is 17.2 Å². The van der Waals surface area contributed by atoms with Gasteiger partial charge in [-0.1, -0.05) is 12.1 Å². The maximum atomic E-state index is 14.0. The molecule has 0 bridgehead atoms. The van der Waals surface area contributed by atoms with E-state index in [0.29, 0.717) is 16.9 Å². The van der Waals surface area contributed by atoms with Crippen LogP contribution in [-0.2, 0) is 0 Å². The minimum atomic E-state index is -0.361. The van der Waals surface area contributed by atoms with E-state index in [1.807, 2.05) is 13.0 Å². The van der Waals surface area contributed by atoms with Gasteiger partial charge in [0.2, 0.25) is 0 Å². The zero-order valence-corrected chi connectivity index (χ0v) is 10.2. The molecule has 0 aromatic heterocycles. The van der Waals surface area contributed by atoms with Crippen LogP contribution in [0.5, 0.6) is 5.75 Å². The van der Waals surface area contributed by atoms with Gasteiger partial charge in [-0.15, -0.1) is 0 Å². The Morgan fingerprint density at radius 2 is 1.89 bits per heavy atom. The van der Waals surface area contributed by atoms with E-state index in [4.69, 9.17) is 4.74 Å². The molecule has 3 heteroatoms. The van der Waals surface area contributed by atoms with Crippen LogP contribution >= 0.6 is 0 Å². The van der Waals surface area contributed by atoms with Gasteiger partial charge in [-0.25, -0.2) is 4.39 Å². The molecule has 0 N–H and O–H groups in total. The fraction of sp³-hybridized carbons (Fsp3) is 0.133. The second-order valence-electron chi connectivity index (χ2n) is 4.04. The Kier molecular flexibility index (Phi) is 3.42. The fourth-order valence-electron chi connectivity index (χ4n) is 1.84. The molecule has 0 amide bonds. The monoisotopic (exact) mass is 244 g/mol. The van der Waals surface area contributed by atoms with Crippen LogP contribution in [0.3, 0.4) is 0 Å². The molecular formula is C15H13FO2. The van der Waals surface area contributed by atoms with Crippen LogP contribution in [0.1, 0.15) is 15.9 Å². The molecule has 18 heavy (non-hydrogen) atoms. The lowest BCUT2D eigenvalue weighted by molar-refractivity contribution is 0.112. The summed E-state index contributed by atoms with van der Waals surface area (Å²) in [5.41, 5.74) is 2.65. The Bertz CT molecular complexity index is 591. The lowest BCUT2D eigenvalue weighted by Gasteiger charge is -2.09. The number of ether oxygens (including phenoxy) is 1. The lowest BCUT2D eigenvalue weighted by Crippen LogP contribution is -1.92. The zero-order chi connectivity index (χ0) is 13.1. The number of rotatable bonds is 3. The highest BCUT2D eigenvalue weighted by atomic mass is 19.1. The lowest BCUT2D eigenvalue weighted by atomic mass is 9.98. The first-order valence-electron chi connectivity index (χ1n) is 5.55. The summed E-state index contributed by atoms with van der Waals surface area (Å²) in [6, 6.07) is 9.90. The van der Waals surface area contributed by atoms with E-state index in [1.54, 1.807) is 24.3 Å². The van der Waals surface area contributed by atoms with E-state index in [9.17, 15) is 9.18 Å². The van der Waals surface area contributed by atoms with Gasteiger partial charge in [-0.05, 0) is 36.2 Å². The van der Waals surface area contributed by atoms with E-state index in [2.05, 4.69) is 0 Å². The second-order valence-corrected chi connectivity index (χ2v) is 4.04. The second kappa shape index (κ2) is 5.00. The predicted octanol–water partition coefficient (Wildman–Crippen LogP) is 3.62. The SMILES string of the molecule is COc1ccc(-c2cc(C=O)ccc2C)c(F)c1. The highest BCUT2D eigenvalue weighted by Gasteiger charge is 2.09. The number of halogens is 1. The fourth-order valence-corrected chi connectivity index (χ4v) is 1.84. The Morgan fingerprint density at radius 1 is 1.11 bits per heavy atom. The van der Waals surface area contributed by atoms with Gasteiger partial charge < -0.3 is 4.74 Å². The first-order valence-corrected chi connectivity index (χ1v) is 5.55. The highest BCUT2D eigenvalue weighted by molar-refractivity contribution is 5.80. The molecule has 0 saturated heterocycles. The average Bonchev–Trinajstić information content (AvgIpc) is 2.39. The standard InChI is InChI=1S/C15H13FO2/c1-10-3-4-11(9-17)7-14(10)13-6-5-12(18-2)8-15(13)16/h3-9H,1-2H3. The zero-order valence-electron chi connectivity index (χ0n) is 10.2. The molecule has 2 nitrogen and oxygen atoms in total. The van der Waals surface area contributed by atoms with E-state index in [0.717, 1.165) is 17.4 Å². The molecule has 0 atom stereocenters. The first kappa shape index (κ1) is 12.3. The van der Waals surface area contributed by atoms with Crippen molar-refractivity contribution in [2.75, 3.05) is 7.11 Å². The molecule has 2 aromatic rings. The van der Waals surface area contributed by atoms with Crippen molar-refractivity contribution in [2.45, 2.75) is 6.92 Å². The summed E-state index contributed by atoms with van der Waals surface area (Å²) in [4.78, 5) is 10.8. The third-order valence-electron chi connectivity index (χ3n) is 2.86. The maximum absolute atomic E-state index is 14.0. The quantitative estimate of drug-likeness (QED) is 0.771. The van der Waals surface area contributed by atoms with E-state index < -0.39 is 0 Å². The number of aldehydes is 1. The molecule has 0 aliphatic carbocycles. The molecule has 0 aliphatic rings. The number of carbonyl (C=O) groups is 1. The van der Waals surface area contributed by atoms with Crippen LogP contribution in [0.15, 0.2) is 36.4 Å². The average molecular weight is 244 g/mol. The van der Waals surface area contributed by atoms with Crippen molar-refractivity contribution in [3.8, 4) is 16.9 Å². The maximum Gasteiger partial charge on any atom is 0.150 e. The Balaban J connectivity index is 2.57. The summed E-state index contributed by atoms with van der Waals surface area (Å²) in [7, 11) is 1.49. The summed E-state index contributed by atoms with van der Waals surface area (Å²) in [5, 5.41) is 0. The third kappa shape index (κ3) is 2.25. The number of benzene rings is 2. The van der Waals surface area contributed by atoms with Gasteiger partial charge in [0.25, 0.3) is 0 Å². The molecular weight excluding hydrogens is 231 g/mol. The van der Waals surface area contributed by atoms with Crippen molar-refractivity contribution < 1.29 is 13.9 Å². The van der Waals surface area contributed by atoms with Crippen molar-refractivity contribution in [3.05, 3.63) is 53.3 Å². The van der Waals surface area contributed by atoms with Crippen molar-refractivity contribution in [1.82, 2.24) is 0 Å². The summed E-state index contributed by atoms with van der Waals surface area (Å²) in [6.07, 6.45) is 0.754. The van der Waals surface area contributed by atoms with E-state index in [1.165, 1.54) is 13.2 Å². The first-order chi connectivity index (χ1) is 8.65. The van der Waals surface area contributed by atoms with Crippen LogP contribution in [-0.4, -0.2) is 13.4 Å². The van der Waals surface area contributed by atoms with Crippen LogP contribution in [0, 0.1) is 12.7 Å². The number of carbonyl (C=O) groups excluding carboxylic acids is 1. The molecule has 0 aliphatic heterocycles. The number of hydrogen-bond donors (Lipinski definition) is 0. The Labute approximate surface area is 105 Å². The molecule has 2 aromatic carbocycles. The number of methoxy groups -OCH3 is 1. The van der Waals surface area contributed by atoms with Gasteiger partial charge in [0.05, 0.1) is 7.11 Å². The number of aryl methyl sites for hydroxylation is 1. The van der Waals surface area contributed by atoms with Crippen molar-refractivity contribution >= 4 is 6.29 Å². The molecule has 0 fully saturated rings.